The van der Waals surface area contributed by atoms with Crippen LogP contribution in [0.3, 0.4) is 0 Å². The number of carbonyl (C=O) groups excluding carboxylic acids is 3. The number of hydrogen-bond donors (Lipinski definition) is 2. The highest BCUT2D eigenvalue weighted by Gasteiger charge is 2.25. The van der Waals surface area contributed by atoms with Gasteiger partial charge in [0.05, 0.1) is 16.8 Å². The summed E-state index contributed by atoms with van der Waals surface area (Å²) in [5, 5.41) is 5.34. The molecule has 0 atom stereocenters. The third-order valence-electron chi connectivity index (χ3n) is 5.11. The molecule has 156 valence electrons. The zero-order valence-corrected chi connectivity index (χ0v) is 17.6. The SMILES string of the molecule is CNC(=O)c1ccccc1NC(=O)C1=Cc2c(C)c(OC(C)=O)c(C)c(C)c2OC1. The number of hydrogen-bond acceptors (Lipinski definition) is 5. The Kier molecular flexibility index (Phi) is 5.91. The molecule has 1 aliphatic heterocycles. The molecule has 3 rings (SSSR count). The minimum Gasteiger partial charge on any atom is -0.488 e. The minimum atomic E-state index is -0.412. The van der Waals surface area contributed by atoms with Crippen molar-refractivity contribution in [2.24, 2.45) is 0 Å². The van der Waals surface area contributed by atoms with Crippen molar-refractivity contribution in [3.8, 4) is 11.5 Å². The van der Waals surface area contributed by atoms with Gasteiger partial charge >= 0.3 is 5.97 Å². The van der Waals surface area contributed by atoms with E-state index in [1.54, 1.807) is 30.3 Å². The highest BCUT2D eigenvalue weighted by molar-refractivity contribution is 6.11. The molecule has 7 nitrogen and oxygen atoms in total. The van der Waals surface area contributed by atoms with Crippen molar-refractivity contribution < 1.29 is 23.9 Å². The number of amides is 2. The van der Waals surface area contributed by atoms with E-state index in [0.717, 1.165) is 16.7 Å². The van der Waals surface area contributed by atoms with Gasteiger partial charge in [0.2, 0.25) is 0 Å². The topological polar surface area (TPSA) is 93.7 Å². The second-order valence-corrected chi connectivity index (χ2v) is 7.08. The van der Waals surface area contributed by atoms with Crippen LogP contribution in [0.1, 0.15) is 39.5 Å². The van der Waals surface area contributed by atoms with Crippen molar-refractivity contribution in [1.82, 2.24) is 5.32 Å². The number of ether oxygens (including phenoxy) is 2. The Balaban J connectivity index is 1.98. The zero-order valence-electron chi connectivity index (χ0n) is 17.6. The Morgan fingerprint density at radius 2 is 1.70 bits per heavy atom. The fourth-order valence-corrected chi connectivity index (χ4v) is 3.40. The normalized spacial score (nSPS) is 12.2. The Labute approximate surface area is 175 Å². The zero-order chi connectivity index (χ0) is 22.0. The van der Waals surface area contributed by atoms with Crippen molar-refractivity contribution in [3.63, 3.8) is 0 Å². The molecule has 7 heteroatoms. The van der Waals surface area contributed by atoms with Gasteiger partial charge in [0.15, 0.2) is 0 Å². The summed E-state index contributed by atoms with van der Waals surface area (Å²) in [6.07, 6.45) is 1.74. The Bertz CT molecular complexity index is 1090. The van der Waals surface area contributed by atoms with Gasteiger partial charge in [-0.2, -0.15) is 0 Å². The van der Waals surface area contributed by atoms with E-state index in [-0.39, 0.29) is 18.4 Å². The lowest BCUT2D eigenvalue weighted by Gasteiger charge is -2.24. The number of anilines is 1. The quantitative estimate of drug-likeness (QED) is 0.598. The molecule has 0 unspecified atom stereocenters. The predicted molar refractivity (Wildman–Crippen MR) is 114 cm³/mol. The smallest absolute Gasteiger partial charge is 0.308 e. The molecule has 0 radical (unpaired) electrons. The van der Waals surface area contributed by atoms with Crippen LogP contribution < -0.4 is 20.1 Å². The van der Waals surface area contributed by atoms with Crippen LogP contribution in [0.5, 0.6) is 11.5 Å². The van der Waals surface area contributed by atoms with Gasteiger partial charge < -0.3 is 20.1 Å². The number of nitrogens with one attached hydrogen (secondary N) is 2. The molecule has 2 amide bonds. The van der Waals surface area contributed by atoms with Crippen molar-refractivity contribution >= 4 is 29.5 Å². The first-order valence-electron chi connectivity index (χ1n) is 9.52. The van der Waals surface area contributed by atoms with E-state index in [1.807, 2.05) is 20.8 Å². The summed E-state index contributed by atoms with van der Waals surface area (Å²) < 4.78 is 11.3. The predicted octanol–water partition coefficient (Wildman–Crippen LogP) is 3.31. The molecule has 2 N–H and O–H groups in total. The van der Waals surface area contributed by atoms with Gasteiger partial charge in [-0.1, -0.05) is 12.1 Å². The van der Waals surface area contributed by atoms with Crippen LogP contribution in [0.25, 0.3) is 6.08 Å². The first kappa shape index (κ1) is 21.1. The summed E-state index contributed by atoms with van der Waals surface area (Å²) in [6.45, 7) is 7.02. The number of para-hydroxylation sites is 1. The highest BCUT2D eigenvalue weighted by atomic mass is 16.5. The maximum Gasteiger partial charge on any atom is 0.308 e. The van der Waals surface area contributed by atoms with Crippen LogP contribution >= 0.6 is 0 Å². The number of carbonyl (C=O) groups is 3. The highest BCUT2D eigenvalue weighted by Crippen LogP contribution is 2.41. The summed E-state index contributed by atoms with van der Waals surface area (Å²) in [5.41, 5.74) is 4.27. The first-order chi connectivity index (χ1) is 14.2. The van der Waals surface area contributed by atoms with E-state index in [2.05, 4.69) is 10.6 Å². The number of esters is 1. The second-order valence-electron chi connectivity index (χ2n) is 7.08. The summed E-state index contributed by atoms with van der Waals surface area (Å²) >= 11 is 0. The van der Waals surface area contributed by atoms with Crippen LogP contribution in [0.15, 0.2) is 29.8 Å². The van der Waals surface area contributed by atoms with Gasteiger partial charge in [-0.15, -0.1) is 0 Å². The van der Waals surface area contributed by atoms with Crippen molar-refractivity contribution in [3.05, 3.63) is 57.7 Å². The molecule has 0 saturated heterocycles. The molecule has 0 fully saturated rings. The van der Waals surface area contributed by atoms with Gasteiger partial charge in [-0.25, -0.2) is 0 Å². The standard InChI is InChI=1S/C23H24N2O5/c1-12-13(2)21-18(14(3)20(12)30-15(4)26)10-16(11-29-21)22(27)25-19-9-7-6-8-17(19)23(28)24-5/h6-10H,11H2,1-5H3,(H,24,28)(H,25,27). The number of fused-ring (bicyclic) bond motifs is 1. The van der Waals surface area contributed by atoms with E-state index in [1.165, 1.54) is 14.0 Å². The monoisotopic (exact) mass is 408 g/mol. The number of rotatable bonds is 4. The molecule has 30 heavy (non-hydrogen) atoms. The largest absolute Gasteiger partial charge is 0.488 e. The lowest BCUT2D eigenvalue weighted by atomic mass is 9.94. The third-order valence-corrected chi connectivity index (χ3v) is 5.11. The molecule has 0 spiro atoms. The molecule has 2 aromatic rings. The maximum absolute atomic E-state index is 12.9. The molecular weight excluding hydrogens is 384 g/mol. The fraction of sp³-hybridized carbons (Fsp3) is 0.261. The van der Waals surface area contributed by atoms with E-state index in [0.29, 0.717) is 33.9 Å². The van der Waals surface area contributed by atoms with E-state index >= 15 is 0 Å². The molecule has 0 bridgehead atoms. The second kappa shape index (κ2) is 8.41. The molecule has 2 aromatic carbocycles. The van der Waals surface area contributed by atoms with Crippen LogP contribution in [-0.2, 0) is 9.59 Å². The Morgan fingerprint density at radius 1 is 1.00 bits per heavy atom. The minimum absolute atomic E-state index is 0.0909. The van der Waals surface area contributed by atoms with Crippen molar-refractivity contribution in [2.45, 2.75) is 27.7 Å². The van der Waals surface area contributed by atoms with Gasteiger partial charge in [0.25, 0.3) is 11.8 Å². The molecular formula is C23H24N2O5. The molecule has 0 aliphatic carbocycles. The fourth-order valence-electron chi connectivity index (χ4n) is 3.40. The molecule has 0 aromatic heterocycles. The summed E-state index contributed by atoms with van der Waals surface area (Å²) in [5.74, 6) is 0.0696. The first-order valence-corrected chi connectivity index (χ1v) is 9.52. The van der Waals surface area contributed by atoms with E-state index < -0.39 is 5.97 Å². The Hall–Kier alpha value is -3.61. The summed E-state index contributed by atoms with van der Waals surface area (Å²) in [4.78, 5) is 36.5. The van der Waals surface area contributed by atoms with Crippen LogP contribution in [0, 0.1) is 20.8 Å². The lowest BCUT2D eigenvalue weighted by Crippen LogP contribution is -2.25. The van der Waals surface area contributed by atoms with Crippen molar-refractivity contribution in [1.29, 1.82) is 0 Å². The van der Waals surface area contributed by atoms with Crippen LogP contribution in [0.4, 0.5) is 5.69 Å². The van der Waals surface area contributed by atoms with Crippen LogP contribution in [0.2, 0.25) is 0 Å². The van der Waals surface area contributed by atoms with E-state index in [4.69, 9.17) is 9.47 Å². The van der Waals surface area contributed by atoms with E-state index in [9.17, 15) is 14.4 Å². The third kappa shape index (κ3) is 3.91. The van der Waals surface area contributed by atoms with Gasteiger partial charge in [-0.3, -0.25) is 14.4 Å². The van der Waals surface area contributed by atoms with Gasteiger partial charge in [0.1, 0.15) is 18.1 Å². The van der Waals surface area contributed by atoms with Crippen molar-refractivity contribution in [2.75, 3.05) is 19.0 Å². The van der Waals surface area contributed by atoms with Gasteiger partial charge in [0, 0.05) is 25.1 Å². The number of benzene rings is 2. The molecule has 1 heterocycles. The average molecular weight is 408 g/mol. The lowest BCUT2D eigenvalue weighted by molar-refractivity contribution is -0.132. The van der Waals surface area contributed by atoms with Crippen LogP contribution in [-0.4, -0.2) is 31.4 Å². The summed E-state index contributed by atoms with van der Waals surface area (Å²) in [7, 11) is 1.53. The Morgan fingerprint density at radius 3 is 2.37 bits per heavy atom. The average Bonchev–Trinajstić information content (AvgIpc) is 2.74. The maximum atomic E-state index is 12.9. The van der Waals surface area contributed by atoms with Gasteiger partial charge in [-0.05, 0) is 50.1 Å². The molecule has 1 aliphatic rings. The summed E-state index contributed by atoms with van der Waals surface area (Å²) in [6, 6.07) is 6.77. The molecule has 0 saturated carbocycles.